The van der Waals surface area contributed by atoms with E-state index in [4.69, 9.17) is 0 Å². The molecule has 1 N–H and O–H groups in total. The van der Waals surface area contributed by atoms with E-state index in [1.165, 1.54) is 5.56 Å². The number of pyridine rings is 1. The highest BCUT2D eigenvalue weighted by atomic mass is 79.9. The van der Waals surface area contributed by atoms with Gasteiger partial charge in [-0.25, -0.2) is 9.97 Å². The highest BCUT2D eigenvalue weighted by Crippen LogP contribution is 2.22. The van der Waals surface area contributed by atoms with Gasteiger partial charge in [0, 0.05) is 30.4 Å². The van der Waals surface area contributed by atoms with E-state index in [9.17, 15) is 0 Å². The lowest BCUT2D eigenvalue weighted by Gasteiger charge is -2.18. The number of halogens is 1. The van der Waals surface area contributed by atoms with Gasteiger partial charge in [-0.15, -0.1) is 0 Å². The molecule has 0 fully saturated rings. The van der Waals surface area contributed by atoms with Crippen molar-refractivity contribution in [2.75, 3.05) is 11.9 Å². The molecule has 0 aliphatic rings. The molecule has 0 atom stereocenters. The zero-order chi connectivity index (χ0) is 14.6. The lowest BCUT2D eigenvalue weighted by Crippen LogP contribution is -2.18. The molecule has 0 saturated heterocycles. The normalized spacial score (nSPS) is 11.4. The van der Waals surface area contributed by atoms with Crippen LogP contribution in [0.1, 0.15) is 32.2 Å². The van der Waals surface area contributed by atoms with E-state index in [1.807, 2.05) is 30.6 Å². The van der Waals surface area contributed by atoms with Gasteiger partial charge in [-0.05, 0) is 40.0 Å². The van der Waals surface area contributed by atoms with Crippen molar-refractivity contribution in [1.82, 2.24) is 15.0 Å². The third-order valence-corrected chi connectivity index (χ3v) is 3.24. The van der Waals surface area contributed by atoms with Crippen LogP contribution >= 0.6 is 15.9 Å². The number of nitrogens with zero attached hydrogens (tertiary/aromatic N) is 3. The minimum atomic E-state index is -0.0642. The van der Waals surface area contributed by atoms with Crippen LogP contribution in [0, 0.1) is 0 Å². The molecule has 0 saturated carbocycles. The molecule has 0 amide bonds. The Balaban J connectivity index is 2.01. The summed E-state index contributed by atoms with van der Waals surface area (Å²) in [6, 6.07) is 5.96. The van der Waals surface area contributed by atoms with E-state index in [1.54, 1.807) is 0 Å². The van der Waals surface area contributed by atoms with E-state index in [-0.39, 0.29) is 5.41 Å². The second kappa shape index (κ2) is 6.31. The van der Waals surface area contributed by atoms with Crippen molar-refractivity contribution >= 4 is 21.7 Å². The summed E-state index contributed by atoms with van der Waals surface area (Å²) >= 11 is 3.44. The molecule has 0 aliphatic heterocycles. The summed E-state index contributed by atoms with van der Waals surface area (Å²) in [5, 5.41) is 3.34. The molecule has 0 aromatic carbocycles. The average molecular weight is 335 g/mol. The molecule has 0 radical (unpaired) electrons. The molecule has 2 rings (SSSR count). The maximum atomic E-state index is 4.57. The first-order chi connectivity index (χ1) is 9.45. The second-order valence-corrected chi connectivity index (χ2v) is 6.49. The molecule has 0 bridgehead atoms. The van der Waals surface area contributed by atoms with Crippen molar-refractivity contribution in [1.29, 1.82) is 0 Å². The summed E-state index contributed by atoms with van der Waals surface area (Å²) in [7, 11) is 0. The lowest BCUT2D eigenvalue weighted by atomic mass is 9.96. The third-order valence-electron chi connectivity index (χ3n) is 2.83. The molecule has 0 unspecified atom stereocenters. The first-order valence-corrected chi connectivity index (χ1v) is 7.42. The van der Waals surface area contributed by atoms with Crippen molar-refractivity contribution in [3.8, 4) is 0 Å². The summed E-state index contributed by atoms with van der Waals surface area (Å²) in [5.74, 6) is 1.68. The third kappa shape index (κ3) is 4.27. The number of hydrogen-bond acceptors (Lipinski definition) is 4. The Hall–Kier alpha value is -1.49. The van der Waals surface area contributed by atoms with Crippen molar-refractivity contribution in [2.45, 2.75) is 32.6 Å². The maximum Gasteiger partial charge on any atom is 0.137 e. The Morgan fingerprint density at radius 1 is 1.15 bits per heavy atom. The zero-order valence-electron chi connectivity index (χ0n) is 12.0. The SMILES string of the molecule is CC(C)(C)c1nc(Br)cc(NCCc2ccncc2)n1. The minimum absolute atomic E-state index is 0.0642. The summed E-state index contributed by atoms with van der Waals surface area (Å²) in [4.78, 5) is 13.0. The smallest absolute Gasteiger partial charge is 0.137 e. The highest BCUT2D eigenvalue weighted by Gasteiger charge is 2.18. The van der Waals surface area contributed by atoms with Crippen LogP contribution in [0.3, 0.4) is 0 Å². The van der Waals surface area contributed by atoms with Crippen molar-refractivity contribution < 1.29 is 0 Å². The zero-order valence-corrected chi connectivity index (χ0v) is 13.6. The molecule has 106 valence electrons. The summed E-state index contributed by atoms with van der Waals surface area (Å²) in [5.41, 5.74) is 1.20. The summed E-state index contributed by atoms with van der Waals surface area (Å²) in [6.45, 7) is 7.15. The van der Waals surface area contributed by atoms with Crippen LogP contribution in [0.5, 0.6) is 0 Å². The van der Waals surface area contributed by atoms with Gasteiger partial charge in [0.2, 0.25) is 0 Å². The molecule has 20 heavy (non-hydrogen) atoms. The minimum Gasteiger partial charge on any atom is -0.370 e. The Morgan fingerprint density at radius 2 is 1.85 bits per heavy atom. The first-order valence-electron chi connectivity index (χ1n) is 6.63. The second-order valence-electron chi connectivity index (χ2n) is 5.68. The van der Waals surface area contributed by atoms with E-state index in [2.05, 4.69) is 57.0 Å². The van der Waals surface area contributed by atoms with Crippen LogP contribution in [0.4, 0.5) is 5.82 Å². The average Bonchev–Trinajstić information content (AvgIpc) is 2.38. The van der Waals surface area contributed by atoms with E-state index in [0.717, 1.165) is 29.2 Å². The monoisotopic (exact) mass is 334 g/mol. The molecular weight excluding hydrogens is 316 g/mol. The molecule has 0 spiro atoms. The van der Waals surface area contributed by atoms with Crippen LogP contribution in [-0.4, -0.2) is 21.5 Å². The number of anilines is 1. The number of nitrogens with one attached hydrogen (secondary N) is 1. The van der Waals surface area contributed by atoms with E-state index >= 15 is 0 Å². The predicted molar refractivity (Wildman–Crippen MR) is 84.9 cm³/mol. The first kappa shape index (κ1) is 14.9. The maximum absolute atomic E-state index is 4.57. The van der Waals surface area contributed by atoms with Gasteiger partial charge in [0.05, 0.1) is 0 Å². The van der Waals surface area contributed by atoms with Gasteiger partial charge in [0.1, 0.15) is 16.2 Å². The fourth-order valence-corrected chi connectivity index (χ4v) is 2.11. The Kier molecular flexibility index (Phi) is 4.70. The molecular formula is C15H19BrN4. The molecule has 2 aromatic rings. The Labute approximate surface area is 128 Å². The number of hydrogen-bond donors (Lipinski definition) is 1. The van der Waals surface area contributed by atoms with Crippen LogP contribution in [0.25, 0.3) is 0 Å². The van der Waals surface area contributed by atoms with Gasteiger partial charge in [0.25, 0.3) is 0 Å². The molecule has 2 heterocycles. The van der Waals surface area contributed by atoms with Crippen LogP contribution < -0.4 is 5.32 Å². The van der Waals surface area contributed by atoms with E-state index < -0.39 is 0 Å². The standard InChI is InChI=1S/C15H19BrN4/c1-15(2,3)14-19-12(16)10-13(20-14)18-9-6-11-4-7-17-8-5-11/h4-5,7-8,10H,6,9H2,1-3H3,(H,18,19,20). The van der Waals surface area contributed by atoms with Crippen molar-refractivity contribution in [3.63, 3.8) is 0 Å². The number of aromatic nitrogens is 3. The van der Waals surface area contributed by atoms with Gasteiger partial charge in [-0.2, -0.15) is 0 Å². The van der Waals surface area contributed by atoms with Gasteiger partial charge < -0.3 is 5.32 Å². The van der Waals surface area contributed by atoms with Crippen molar-refractivity contribution in [3.05, 3.63) is 46.6 Å². The number of rotatable bonds is 4. The predicted octanol–water partition coefficient (Wildman–Crippen LogP) is 3.59. The van der Waals surface area contributed by atoms with Gasteiger partial charge in [-0.1, -0.05) is 20.8 Å². The highest BCUT2D eigenvalue weighted by molar-refractivity contribution is 9.10. The van der Waals surface area contributed by atoms with Crippen LogP contribution in [-0.2, 0) is 11.8 Å². The molecule has 2 aromatic heterocycles. The van der Waals surface area contributed by atoms with E-state index in [0.29, 0.717) is 0 Å². The fraction of sp³-hybridized carbons (Fsp3) is 0.400. The van der Waals surface area contributed by atoms with Crippen LogP contribution in [0.15, 0.2) is 35.2 Å². The summed E-state index contributed by atoms with van der Waals surface area (Å²) < 4.78 is 0.809. The quantitative estimate of drug-likeness (QED) is 0.868. The van der Waals surface area contributed by atoms with Gasteiger partial charge in [-0.3, -0.25) is 4.98 Å². The van der Waals surface area contributed by atoms with Crippen molar-refractivity contribution in [2.24, 2.45) is 0 Å². The molecule has 5 heteroatoms. The fourth-order valence-electron chi connectivity index (χ4n) is 1.73. The molecule has 4 nitrogen and oxygen atoms in total. The lowest BCUT2D eigenvalue weighted by molar-refractivity contribution is 0.544. The van der Waals surface area contributed by atoms with Gasteiger partial charge in [0.15, 0.2) is 0 Å². The molecule has 0 aliphatic carbocycles. The Bertz CT molecular complexity index is 564. The van der Waals surface area contributed by atoms with Crippen LogP contribution in [0.2, 0.25) is 0 Å². The van der Waals surface area contributed by atoms with Gasteiger partial charge >= 0.3 is 0 Å². The topological polar surface area (TPSA) is 50.7 Å². The summed E-state index contributed by atoms with van der Waals surface area (Å²) in [6.07, 6.45) is 4.57. The Morgan fingerprint density at radius 3 is 2.50 bits per heavy atom. The largest absolute Gasteiger partial charge is 0.370 e.